The summed E-state index contributed by atoms with van der Waals surface area (Å²) in [5.41, 5.74) is 12.2. The molecule has 62 heavy (non-hydrogen) atoms. The average molecular weight is 903 g/mol. The number of para-hydroxylation sites is 2. The van der Waals surface area contributed by atoms with E-state index in [0.717, 1.165) is 52.5 Å². The highest BCUT2D eigenvalue weighted by Crippen LogP contribution is 2.63. The molecule has 1 spiro atoms. The largest absolute Gasteiger partial charge is 0.457 e. The van der Waals surface area contributed by atoms with E-state index in [1.807, 2.05) is 0 Å². The highest BCUT2D eigenvalue weighted by atomic mass is 127. The molecule has 0 atom stereocenters. The number of benzene rings is 10. The molecule has 290 valence electrons. The van der Waals surface area contributed by atoms with Gasteiger partial charge < -0.3 is 4.74 Å². The number of nitrogens with zero attached hydrogens (tertiary/aromatic N) is 2. The lowest BCUT2D eigenvalue weighted by atomic mass is 9.66. The molecular weight excluding hydrogens is 868 g/mol. The number of rotatable bonds is 4. The Morgan fingerprint density at radius 1 is 0.355 bits per heavy atom. The first kappa shape index (κ1) is 35.5. The van der Waals surface area contributed by atoms with Gasteiger partial charge in [0, 0.05) is 27.8 Å². The molecule has 0 N–H and O–H groups in total. The minimum absolute atomic E-state index is 0.631. The fraction of sp³-hybridized carbons (Fsp3) is 0.0172. The van der Waals surface area contributed by atoms with Gasteiger partial charge in [0.25, 0.3) is 0 Å². The van der Waals surface area contributed by atoms with Gasteiger partial charge in [0.2, 0.25) is 0 Å². The average Bonchev–Trinajstić information content (AvgIpc) is 3.64. The van der Waals surface area contributed by atoms with Gasteiger partial charge in [0.1, 0.15) is 18.9 Å². The molecule has 4 heteroatoms. The Labute approximate surface area is 369 Å². The van der Waals surface area contributed by atoms with Crippen molar-refractivity contribution in [1.82, 2.24) is 0 Å². The molecule has 2 heterocycles. The van der Waals surface area contributed by atoms with E-state index in [-0.39, 0.29) is 0 Å². The van der Waals surface area contributed by atoms with Gasteiger partial charge in [-0.1, -0.05) is 188 Å². The first-order valence-electron chi connectivity index (χ1n) is 21.0. The number of halogens is 1. The summed E-state index contributed by atoms with van der Waals surface area (Å²) in [6, 6.07) is 77.0. The Morgan fingerprint density at radius 3 is 1.58 bits per heavy atom. The van der Waals surface area contributed by atoms with Crippen LogP contribution in [0.15, 0.2) is 222 Å². The van der Waals surface area contributed by atoms with Crippen molar-refractivity contribution in [2.45, 2.75) is 5.41 Å². The van der Waals surface area contributed by atoms with Crippen LogP contribution >= 0.6 is 20.7 Å². The first-order valence-corrected chi connectivity index (χ1v) is 23.2. The number of hydrogen-bond donors (Lipinski definition) is 0. The third kappa shape index (κ3) is 5.20. The van der Waals surface area contributed by atoms with Gasteiger partial charge in [0.05, 0.1) is 5.41 Å². The van der Waals surface area contributed by atoms with Crippen LogP contribution in [0.4, 0.5) is 0 Å². The second-order valence-electron chi connectivity index (χ2n) is 16.1. The fourth-order valence-electron chi connectivity index (χ4n) is 10.3. The summed E-state index contributed by atoms with van der Waals surface area (Å²) in [6.45, 7) is 0. The molecule has 3 aliphatic rings. The van der Waals surface area contributed by atoms with Crippen molar-refractivity contribution in [1.29, 1.82) is 0 Å². The third-order valence-corrected chi connectivity index (χ3v) is 15.6. The number of hydrogen-bond acceptors (Lipinski definition) is 3. The summed E-state index contributed by atoms with van der Waals surface area (Å²) < 4.78 is 9.00. The van der Waals surface area contributed by atoms with E-state index < -0.39 is 26.1 Å². The van der Waals surface area contributed by atoms with E-state index in [9.17, 15) is 0 Å². The molecule has 13 rings (SSSR count). The van der Waals surface area contributed by atoms with Gasteiger partial charge in [-0.25, -0.2) is 9.98 Å². The third-order valence-electron chi connectivity index (χ3n) is 12.9. The van der Waals surface area contributed by atoms with Gasteiger partial charge in [0.15, 0.2) is 5.84 Å². The van der Waals surface area contributed by atoms with Gasteiger partial charge in [-0.15, -0.1) is 0 Å². The van der Waals surface area contributed by atoms with Crippen LogP contribution in [0.1, 0.15) is 38.9 Å². The molecule has 10 aromatic carbocycles. The van der Waals surface area contributed by atoms with E-state index in [1.165, 1.54) is 65.7 Å². The maximum Gasteiger partial charge on any atom is 0.161 e. The molecular formula is C58H35IN2O. The zero-order valence-electron chi connectivity index (χ0n) is 33.4. The van der Waals surface area contributed by atoms with Crippen LogP contribution in [-0.2, 0) is 5.41 Å². The Bertz CT molecular complexity index is 3480. The van der Waals surface area contributed by atoms with Crippen molar-refractivity contribution < 1.29 is 4.74 Å². The molecule has 0 aromatic heterocycles. The molecule has 0 bridgehead atoms. The van der Waals surface area contributed by atoms with Crippen LogP contribution < -0.4 is 4.74 Å². The van der Waals surface area contributed by atoms with Crippen molar-refractivity contribution in [2.75, 3.05) is 0 Å². The lowest BCUT2D eigenvalue weighted by Crippen LogP contribution is -2.32. The molecule has 0 saturated heterocycles. The van der Waals surface area contributed by atoms with Crippen molar-refractivity contribution in [2.24, 2.45) is 9.98 Å². The second-order valence-corrected chi connectivity index (χ2v) is 18.7. The fourth-order valence-corrected chi connectivity index (χ4v) is 12.8. The summed E-state index contributed by atoms with van der Waals surface area (Å²) in [5.74, 6) is 2.48. The zero-order valence-corrected chi connectivity index (χ0v) is 35.5. The zero-order chi connectivity index (χ0) is 40.8. The van der Waals surface area contributed by atoms with Gasteiger partial charge in [-0.3, -0.25) is 0 Å². The first-order chi connectivity index (χ1) is 30.7. The van der Waals surface area contributed by atoms with Gasteiger partial charge in [-0.05, 0) is 111 Å². The smallest absolute Gasteiger partial charge is 0.161 e. The van der Waals surface area contributed by atoms with Crippen molar-refractivity contribution >= 4 is 66.2 Å². The van der Waals surface area contributed by atoms with Crippen molar-refractivity contribution in [3.05, 3.63) is 251 Å². The topological polar surface area (TPSA) is 34.0 Å². The van der Waals surface area contributed by atoms with Crippen LogP contribution in [0, 0.1) is 0 Å². The molecule has 0 unspecified atom stereocenters. The standard InChI is InChI=1S/C58H35IN2O/c1-3-16-36(17-4-1)55-59-56(37-18-5-2-6-19-37)61-57(60-55)39-31-33-46-51(35-39)58(48-25-11-13-28-52(48)62-53-29-14-12-26-49(53)58)50-27-15-24-40(54(46)50)38-30-32-45-43-22-8-7-20-41(43)42-21-9-10-23-44(42)47(45)34-38/h1-35H. The van der Waals surface area contributed by atoms with Crippen LogP contribution in [0.3, 0.4) is 0 Å². The molecule has 0 saturated carbocycles. The molecule has 0 fully saturated rings. The van der Waals surface area contributed by atoms with Crippen LogP contribution in [0.5, 0.6) is 11.5 Å². The lowest BCUT2D eigenvalue weighted by Gasteiger charge is -2.39. The summed E-state index contributed by atoms with van der Waals surface area (Å²) in [6.07, 6.45) is 0. The number of fused-ring (bicyclic) bond motifs is 15. The van der Waals surface area contributed by atoms with Gasteiger partial charge in [-0.2, -0.15) is 0 Å². The molecule has 3 nitrogen and oxygen atoms in total. The van der Waals surface area contributed by atoms with E-state index in [1.54, 1.807) is 0 Å². The maximum absolute atomic E-state index is 6.76. The van der Waals surface area contributed by atoms with Gasteiger partial charge >= 0.3 is 0 Å². The normalized spacial score (nSPS) is 14.5. The van der Waals surface area contributed by atoms with Crippen LogP contribution in [0.25, 0.3) is 54.6 Å². The number of aliphatic imine (C=N–C) groups is 2. The predicted molar refractivity (Wildman–Crippen MR) is 266 cm³/mol. The van der Waals surface area contributed by atoms with Crippen molar-refractivity contribution in [3.8, 4) is 33.8 Å². The lowest BCUT2D eigenvalue weighted by molar-refractivity contribution is 0.436. The molecule has 0 radical (unpaired) electrons. The Hall–Kier alpha value is -7.28. The molecule has 10 aromatic rings. The summed E-state index contributed by atoms with van der Waals surface area (Å²) >= 11 is -0.631. The Kier molecular flexibility index (Phi) is 7.94. The molecule has 0 amide bonds. The van der Waals surface area contributed by atoms with E-state index in [0.29, 0.717) is 0 Å². The quantitative estimate of drug-likeness (QED) is 0.128. The van der Waals surface area contributed by atoms with E-state index >= 15 is 0 Å². The SMILES string of the molecule is c1ccc(C2=NC(c3ccc4c(c3)C3(c5ccccc5Oc5ccccc53)c3cccc(-c5ccc6c7ccccc7c7ccccc7c6c5)c3-4)=NC(c3ccccc3)=I2)cc1. The van der Waals surface area contributed by atoms with E-state index in [4.69, 9.17) is 14.7 Å². The summed E-state index contributed by atoms with van der Waals surface area (Å²) in [5, 5.41) is 7.62. The van der Waals surface area contributed by atoms with Crippen LogP contribution in [-0.4, -0.2) is 13.2 Å². The minimum Gasteiger partial charge on any atom is -0.457 e. The van der Waals surface area contributed by atoms with E-state index in [2.05, 4.69) is 212 Å². The maximum atomic E-state index is 6.76. The number of ether oxygens (including phenoxy) is 1. The number of amidine groups is 1. The monoisotopic (exact) mass is 902 g/mol. The van der Waals surface area contributed by atoms with Crippen molar-refractivity contribution in [3.63, 3.8) is 0 Å². The minimum atomic E-state index is -0.665. The summed E-state index contributed by atoms with van der Waals surface area (Å²) in [7, 11) is 0. The van der Waals surface area contributed by atoms with Crippen LogP contribution in [0.2, 0.25) is 0 Å². The summed E-state index contributed by atoms with van der Waals surface area (Å²) in [4.78, 5) is 10.8. The highest BCUT2D eigenvalue weighted by Gasteiger charge is 2.52. The Morgan fingerprint density at radius 2 is 0.903 bits per heavy atom. The molecule has 2 aliphatic heterocycles. The Balaban J connectivity index is 1.09. The predicted octanol–water partition coefficient (Wildman–Crippen LogP) is 14.6. The molecule has 1 aliphatic carbocycles. The second kappa shape index (κ2) is 13.9. The highest BCUT2D eigenvalue weighted by molar-refractivity contribution is 14.2.